The van der Waals surface area contributed by atoms with Crippen LogP contribution in [-0.2, 0) is 9.59 Å². The molecule has 6 heteroatoms. The molecular weight excluding hydrogens is 242 g/mol. The van der Waals surface area contributed by atoms with E-state index in [0.717, 1.165) is 4.90 Å². The van der Waals surface area contributed by atoms with Gasteiger partial charge in [-0.15, -0.1) is 0 Å². The number of piperazine rings is 1. The van der Waals surface area contributed by atoms with E-state index in [9.17, 15) is 18.4 Å². The van der Waals surface area contributed by atoms with Crippen molar-refractivity contribution in [2.45, 2.75) is 52.1 Å². The number of nitrogens with zero attached hydrogens (tertiary/aromatic N) is 1. The molecule has 0 saturated carbocycles. The monoisotopic (exact) mass is 262 g/mol. The van der Waals surface area contributed by atoms with E-state index in [2.05, 4.69) is 5.32 Å². The summed E-state index contributed by atoms with van der Waals surface area (Å²) in [6.45, 7) is 4.76. The summed E-state index contributed by atoms with van der Waals surface area (Å²) in [6.07, 6.45) is -1.57. The number of carbonyl (C=O) groups excluding carboxylic acids is 2. The largest absolute Gasteiger partial charge is 0.342 e. The molecule has 0 aliphatic carbocycles. The highest BCUT2D eigenvalue weighted by Crippen LogP contribution is 2.20. The van der Waals surface area contributed by atoms with Gasteiger partial charge in [-0.1, -0.05) is 27.2 Å². The molecule has 1 N–H and O–H groups in total. The lowest BCUT2D eigenvalue weighted by Crippen LogP contribution is -2.65. The van der Waals surface area contributed by atoms with Crippen molar-refractivity contribution < 1.29 is 18.4 Å². The Labute approximate surface area is 106 Å². The van der Waals surface area contributed by atoms with Gasteiger partial charge in [0.15, 0.2) is 0 Å². The SMILES string of the molecule is CCC(C)C1NC(=O)C(CC)N(CC(F)F)C1=O. The lowest BCUT2D eigenvalue weighted by Gasteiger charge is -2.40. The lowest BCUT2D eigenvalue weighted by atomic mass is 9.93. The molecule has 1 fully saturated rings. The Morgan fingerprint density at radius 2 is 1.94 bits per heavy atom. The van der Waals surface area contributed by atoms with E-state index in [4.69, 9.17) is 0 Å². The minimum atomic E-state index is -2.62. The molecular formula is C12H20F2N2O2. The van der Waals surface area contributed by atoms with Crippen molar-refractivity contribution in [3.8, 4) is 0 Å². The molecule has 3 unspecified atom stereocenters. The van der Waals surface area contributed by atoms with Gasteiger partial charge < -0.3 is 10.2 Å². The van der Waals surface area contributed by atoms with Gasteiger partial charge in [0.2, 0.25) is 11.8 Å². The first-order chi connectivity index (χ1) is 8.42. The fourth-order valence-electron chi connectivity index (χ4n) is 2.18. The van der Waals surface area contributed by atoms with Crippen molar-refractivity contribution in [2.75, 3.05) is 6.54 Å². The third kappa shape index (κ3) is 2.97. The molecule has 1 heterocycles. The molecule has 0 aromatic carbocycles. The summed E-state index contributed by atoms with van der Waals surface area (Å²) in [5.41, 5.74) is 0. The Kier molecular flexibility index (Phi) is 5.04. The zero-order valence-electron chi connectivity index (χ0n) is 11.0. The zero-order valence-corrected chi connectivity index (χ0v) is 11.0. The number of carbonyl (C=O) groups is 2. The maximum Gasteiger partial charge on any atom is 0.255 e. The topological polar surface area (TPSA) is 49.4 Å². The van der Waals surface area contributed by atoms with Gasteiger partial charge in [-0.25, -0.2) is 8.78 Å². The lowest BCUT2D eigenvalue weighted by molar-refractivity contribution is -0.153. The first-order valence-corrected chi connectivity index (χ1v) is 6.31. The third-order valence-corrected chi connectivity index (χ3v) is 3.46. The summed E-state index contributed by atoms with van der Waals surface area (Å²) >= 11 is 0. The maximum absolute atomic E-state index is 12.5. The number of rotatable bonds is 5. The molecule has 0 aromatic rings. The van der Waals surface area contributed by atoms with E-state index in [-0.39, 0.29) is 11.8 Å². The van der Waals surface area contributed by atoms with E-state index >= 15 is 0 Å². The molecule has 2 amide bonds. The van der Waals surface area contributed by atoms with Gasteiger partial charge in [0.25, 0.3) is 6.43 Å². The van der Waals surface area contributed by atoms with E-state index in [1.165, 1.54) is 0 Å². The summed E-state index contributed by atoms with van der Waals surface area (Å²) in [7, 11) is 0. The Hall–Kier alpha value is -1.20. The van der Waals surface area contributed by atoms with Gasteiger partial charge in [0.05, 0.1) is 6.54 Å². The van der Waals surface area contributed by atoms with Crippen LogP contribution in [0.4, 0.5) is 8.78 Å². The van der Waals surface area contributed by atoms with Crippen molar-refractivity contribution in [3.05, 3.63) is 0 Å². The van der Waals surface area contributed by atoms with Crippen molar-refractivity contribution in [2.24, 2.45) is 5.92 Å². The average molecular weight is 262 g/mol. The second kappa shape index (κ2) is 6.11. The summed E-state index contributed by atoms with van der Waals surface area (Å²) in [6, 6.07) is -1.45. The van der Waals surface area contributed by atoms with Crippen LogP contribution in [0.25, 0.3) is 0 Å². The second-order valence-corrected chi connectivity index (χ2v) is 4.68. The molecule has 4 nitrogen and oxygen atoms in total. The quantitative estimate of drug-likeness (QED) is 0.814. The fraction of sp³-hybridized carbons (Fsp3) is 0.833. The van der Waals surface area contributed by atoms with Gasteiger partial charge in [-0.2, -0.15) is 0 Å². The van der Waals surface area contributed by atoms with Gasteiger partial charge in [0.1, 0.15) is 12.1 Å². The van der Waals surface area contributed by atoms with Crippen LogP contribution in [0.3, 0.4) is 0 Å². The average Bonchev–Trinajstić information content (AvgIpc) is 2.32. The summed E-state index contributed by atoms with van der Waals surface area (Å²) in [4.78, 5) is 25.0. The molecule has 0 spiro atoms. The first-order valence-electron chi connectivity index (χ1n) is 6.31. The van der Waals surface area contributed by atoms with Crippen molar-refractivity contribution in [1.29, 1.82) is 0 Å². The van der Waals surface area contributed by atoms with Crippen LogP contribution in [-0.4, -0.2) is 41.8 Å². The second-order valence-electron chi connectivity index (χ2n) is 4.68. The van der Waals surface area contributed by atoms with E-state index in [1.807, 2.05) is 13.8 Å². The smallest absolute Gasteiger partial charge is 0.255 e. The highest BCUT2D eigenvalue weighted by atomic mass is 19.3. The molecule has 1 aliphatic heterocycles. The standard InChI is InChI=1S/C12H20F2N2O2/c1-4-7(3)10-12(18)16(6-9(13)14)8(5-2)11(17)15-10/h7-10H,4-6H2,1-3H3,(H,15,17). The Balaban J connectivity index is 2.93. The molecule has 104 valence electrons. The molecule has 0 aromatic heterocycles. The highest BCUT2D eigenvalue weighted by molar-refractivity contribution is 5.97. The Bertz CT molecular complexity index is 323. The van der Waals surface area contributed by atoms with Crippen molar-refractivity contribution >= 4 is 11.8 Å². The van der Waals surface area contributed by atoms with Crippen LogP contribution in [0.5, 0.6) is 0 Å². The number of alkyl halides is 2. The third-order valence-electron chi connectivity index (χ3n) is 3.46. The normalized spacial score (nSPS) is 26.4. The molecule has 3 atom stereocenters. The van der Waals surface area contributed by atoms with E-state index in [1.54, 1.807) is 6.92 Å². The first kappa shape index (κ1) is 14.9. The summed E-state index contributed by atoms with van der Waals surface area (Å²) < 4.78 is 25.0. The fourth-order valence-corrected chi connectivity index (χ4v) is 2.18. The van der Waals surface area contributed by atoms with Crippen LogP contribution in [0.1, 0.15) is 33.6 Å². The number of amides is 2. The minimum Gasteiger partial charge on any atom is -0.342 e. The van der Waals surface area contributed by atoms with Gasteiger partial charge >= 0.3 is 0 Å². The summed E-state index contributed by atoms with van der Waals surface area (Å²) in [5, 5.41) is 2.65. The van der Waals surface area contributed by atoms with Crippen molar-refractivity contribution in [3.63, 3.8) is 0 Å². The van der Waals surface area contributed by atoms with Crippen LogP contribution in [0.15, 0.2) is 0 Å². The minimum absolute atomic E-state index is 0.0561. The van der Waals surface area contributed by atoms with Crippen LogP contribution < -0.4 is 5.32 Å². The molecule has 1 rings (SSSR count). The van der Waals surface area contributed by atoms with Gasteiger partial charge in [0, 0.05) is 0 Å². The molecule has 1 saturated heterocycles. The molecule has 1 aliphatic rings. The highest BCUT2D eigenvalue weighted by Gasteiger charge is 2.42. The molecule has 0 bridgehead atoms. The molecule has 18 heavy (non-hydrogen) atoms. The van der Waals surface area contributed by atoms with Crippen LogP contribution in [0, 0.1) is 5.92 Å². The number of nitrogens with one attached hydrogen (secondary N) is 1. The molecule has 0 radical (unpaired) electrons. The zero-order chi connectivity index (χ0) is 13.9. The van der Waals surface area contributed by atoms with E-state index in [0.29, 0.717) is 12.8 Å². The summed E-state index contributed by atoms with van der Waals surface area (Å²) in [5.74, 6) is -0.779. The van der Waals surface area contributed by atoms with Crippen molar-refractivity contribution in [1.82, 2.24) is 10.2 Å². The van der Waals surface area contributed by atoms with E-state index < -0.39 is 31.0 Å². The van der Waals surface area contributed by atoms with Gasteiger partial charge in [-0.3, -0.25) is 9.59 Å². The van der Waals surface area contributed by atoms with Crippen LogP contribution >= 0.6 is 0 Å². The van der Waals surface area contributed by atoms with Crippen LogP contribution in [0.2, 0.25) is 0 Å². The Morgan fingerprint density at radius 1 is 1.33 bits per heavy atom. The predicted octanol–water partition coefficient (Wildman–Crippen LogP) is 1.40. The van der Waals surface area contributed by atoms with Gasteiger partial charge in [-0.05, 0) is 12.3 Å². The predicted molar refractivity (Wildman–Crippen MR) is 63.2 cm³/mol. The number of hydrogen-bond acceptors (Lipinski definition) is 2. The maximum atomic E-state index is 12.5. The number of halogens is 2. The number of hydrogen-bond donors (Lipinski definition) is 1. The Morgan fingerprint density at radius 3 is 2.39 bits per heavy atom.